The van der Waals surface area contributed by atoms with Gasteiger partial charge in [-0.3, -0.25) is 4.79 Å². The summed E-state index contributed by atoms with van der Waals surface area (Å²) >= 11 is 3.28. The van der Waals surface area contributed by atoms with Gasteiger partial charge in [0.1, 0.15) is 0 Å². The summed E-state index contributed by atoms with van der Waals surface area (Å²) in [5.41, 5.74) is 2.10. The van der Waals surface area contributed by atoms with Gasteiger partial charge in [-0.1, -0.05) is 39.7 Å². The maximum Gasteiger partial charge on any atom is 0.338 e. The molecule has 0 aliphatic heterocycles. The molecule has 6 heteroatoms. The first-order chi connectivity index (χ1) is 12.0. The van der Waals surface area contributed by atoms with E-state index in [0.29, 0.717) is 11.3 Å². The second-order valence-electron chi connectivity index (χ2n) is 5.38. The van der Waals surface area contributed by atoms with Gasteiger partial charge in [0.05, 0.1) is 18.1 Å². The maximum absolute atomic E-state index is 12.5. The number of hydrogen-bond donors (Lipinski definition) is 0. The van der Waals surface area contributed by atoms with E-state index in [9.17, 15) is 9.59 Å². The highest BCUT2D eigenvalue weighted by Gasteiger charge is 2.18. The fourth-order valence-corrected chi connectivity index (χ4v) is 2.59. The quantitative estimate of drug-likeness (QED) is 0.690. The van der Waals surface area contributed by atoms with E-state index in [1.54, 1.807) is 36.4 Å². The predicted octanol–water partition coefficient (Wildman–Crippen LogP) is 3.86. The molecule has 0 aliphatic rings. The number of nitrogens with zero attached hydrogens (tertiary/aromatic N) is 2. The Balaban J connectivity index is 2.05. The fourth-order valence-electron chi connectivity index (χ4n) is 2.19. The summed E-state index contributed by atoms with van der Waals surface area (Å²) in [4.78, 5) is 26.0. The number of rotatable bonds is 6. The zero-order chi connectivity index (χ0) is 18.2. The van der Waals surface area contributed by atoms with Gasteiger partial charge >= 0.3 is 5.97 Å². The third kappa shape index (κ3) is 5.44. The van der Waals surface area contributed by atoms with Gasteiger partial charge < -0.3 is 9.64 Å². The van der Waals surface area contributed by atoms with Crippen LogP contribution < -0.4 is 4.90 Å². The highest BCUT2D eigenvalue weighted by Crippen LogP contribution is 2.17. The van der Waals surface area contributed by atoms with Gasteiger partial charge in [-0.2, -0.15) is 5.26 Å². The SMILES string of the molecule is Cc1ccc(N(CCC#N)C(=O)COC(=O)c2cccc(Br)c2)cc1. The van der Waals surface area contributed by atoms with Crippen LogP contribution in [0.5, 0.6) is 0 Å². The first-order valence-electron chi connectivity index (χ1n) is 7.68. The molecule has 0 bridgehead atoms. The van der Waals surface area contributed by atoms with Crippen molar-refractivity contribution < 1.29 is 14.3 Å². The molecule has 0 aromatic heterocycles. The Morgan fingerprint density at radius 2 is 1.92 bits per heavy atom. The molecule has 0 atom stereocenters. The van der Waals surface area contributed by atoms with Crippen LogP contribution in [0.1, 0.15) is 22.3 Å². The molecule has 0 heterocycles. The maximum atomic E-state index is 12.5. The van der Waals surface area contributed by atoms with E-state index in [2.05, 4.69) is 15.9 Å². The van der Waals surface area contributed by atoms with E-state index in [0.717, 1.165) is 10.0 Å². The predicted molar refractivity (Wildman–Crippen MR) is 98.2 cm³/mol. The second kappa shape index (κ2) is 9.00. The van der Waals surface area contributed by atoms with E-state index in [4.69, 9.17) is 10.00 Å². The van der Waals surface area contributed by atoms with Gasteiger partial charge in [0, 0.05) is 16.7 Å². The average molecular weight is 401 g/mol. The van der Waals surface area contributed by atoms with Crippen molar-refractivity contribution in [3.8, 4) is 6.07 Å². The number of esters is 1. The van der Waals surface area contributed by atoms with Crippen LogP contribution >= 0.6 is 15.9 Å². The van der Waals surface area contributed by atoms with Gasteiger partial charge in [0.15, 0.2) is 6.61 Å². The molecule has 25 heavy (non-hydrogen) atoms. The highest BCUT2D eigenvalue weighted by atomic mass is 79.9. The topological polar surface area (TPSA) is 70.4 Å². The first kappa shape index (κ1) is 18.7. The summed E-state index contributed by atoms with van der Waals surface area (Å²) in [6.07, 6.45) is 0.194. The molecule has 2 rings (SSSR count). The van der Waals surface area contributed by atoms with Crippen LogP contribution in [0.4, 0.5) is 5.69 Å². The summed E-state index contributed by atoms with van der Waals surface area (Å²) in [5.74, 6) is -0.943. The number of nitriles is 1. The van der Waals surface area contributed by atoms with Crippen LogP contribution in [0.15, 0.2) is 53.0 Å². The smallest absolute Gasteiger partial charge is 0.338 e. The van der Waals surface area contributed by atoms with Crippen molar-refractivity contribution in [1.29, 1.82) is 5.26 Å². The molecule has 0 saturated carbocycles. The molecule has 1 amide bonds. The summed E-state index contributed by atoms with van der Waals surface area (Å²) in [6.45, 7) is 1.81. The number of ether oxygens (including phenoxy) is 1. The van der Waals surface area contributed by atoms with E-state index in [1.165, 1.54) is 4.90 Å². The standard InChI is InChI=1S/C19H17BrN2O3/c1-14-6-8-17(9-7-14)22(11-3-10-21)18(23)13-25-19(24)15-4-2-5-16(20)12-15/h2,4-9,12H,3,11,13H2,1H3. The van der Waals surface area contributed by atoms with Crippen LogP contribution in [-0.4, -0.2) is 25.0 Å². The second-order valence-corrected chi connectivity index (χ2v) is 6.29. The Labute approximate surface area is 154 Å². The number of anilines is 1. The first-order valence-corrected chi connectivity index (χ1v) is 8.47. The molecular weight excluding hydrogens is 384 g/mol. The zero-order valence-corrected chi connectivity index (χ0v) is 15.3. The van der Waals surface area contributed by atoms with Crippen LogP contribution in [0.2, 0.25) is 0 Å². The number of halogens is 1. The number of amides is 1. The Kier molecular flexibility index (Phi) is 6.72. The summed E-state index contributed by atoms with van der Waals surface area (Å²) < 4.78 is 5.87. The third-order valence-corrected chi connectivity index (χ3v) is 3.97. The van der Waals surface area contributed by atoms with Gasteiger partial charge in [-0.15, -0.1) is 0 Å². The van der Waals surface area contributed by atoms with Crippen molar-refractivity contribution in [3.63, 3.8) is 0 Å². The summed E-state index contributed by atoms with van der Waals surface area (Å²) in [5, 5.41) is 8.80. The van der Waals surface area contributed by atoms with Crippen molar-refractivity contribution in [2.24, 2.45) is 0 Å². The molecule has 0 radical (unpaired) electrons. The van der Waals surface area contributed by atoms with Crippen LogP contribution in [0.25, 0.3) is 0 Å². The summed E-state index contributed by atoms with van der Waals surface area (Å²) in [6, 6.07) is 16.2. The van der Waals surface area contributed by atoms with E-state index in [1.807, 2.05) is 25.1 Å². The zero-order valence-electron chi connectivity index (χ0n) is 13.7. The molecule has 0 fully saturated rings. The lowest BCUT2D eigenvalue weighted by Crippen LogP contribution is -2.35. The van der Waals surface area contributed by atoms with Gasteiger partial charge in [-0.05, 0) is 37.3 Å². The number of carbonyl (C=O) groups excluding carboxylic acids is 2. The molecule has 0 saturated heterocycles. The number of aryl methyl sites for hydroxylation is 1. The monoisotopic (exact) mass is 400 g/mol. The number of hydrogen-bond acceptors (Lipinski definition) is 4. The summed E-state index contributed by atoms with van der Waals surface area (Å²) in [7, 11) is 0. The van der Waals surface area contributed by atoms with Crippen molar-refractivity contribution in [1.82, 2.24) is 0 Å². The fraction of sp³-hybridized carbons (Fsp3) is 0.211. The molecule has 0 spiro atoms. The number of benzene rings is 2. The molecule has 0 aliphatic carbocycles. The molecule has 2 aromatic carbocycles. The lowest BCUT2D eigenvalue weighted by atomic mass is 10.2. The van der Waals surface area contributed by atoms with Gasteiger partial charge in [0.2, 0.25) is 0 Å². The lowest BCUT2D eigenvalue weighted by molar-refractivity contribution is -0.121. The largest absolute Gasteiger partial charge is 0.452 e. The van der Waals surface area contributed by atoms with Crippen molar-refractivity contribution in [3.05, 3.63) is 64.1 Å². The van der Waals surface area contributed by atoms with Gasteiger partial charge in [-0.25, -0.2) is 4.79 Å². The van der Waals surface area contributed by atoms with Crippen molar-refractivity contribution in [2.45, 2.75) is 13.3 Å². The molecule has 128 valence electrons. The van der Waals surface area contributed by atoms with Gasteiger partial charge in [0.25, 0.3) is 5.91 Å². The lowest BCUT2D eigenvalue weighted by Gasteiger charge is -2.21. The molecular formula is C19H17BrN2O3. The minimum absolute atomic E-state index is 0.194. The van der Waals surface area contributed by atoms with Crippen LogP contribution in [-0.2, 0) is 9.53 Å². The molecule has 2 aromatic rings. The van der Waals surface area contributed by atoms with E-state index >= 15 is 0 Å². The minimum atomic E-state index is -0.571. The van der Waals surface area contributed by atoms with Crippen molar-refractivity contribution in [2.75, 3.05) is 18.1 Å². The Bertz CT molecular complexity index is 797. The van der Waals surface area contributed by atoms with E-state index in [-0.39, 0.29) is 25.5 Å². The molecule has 0 N–H and O–H groups in total. The number of carbonyl (C=O) groups is 2. The van der Waals surface area contributed by atoms with Crippen LogP contribution in [0.3, 0.4) is 0 Å². The van der Waals surface area contributed by atoms with Crippen molar-refractivity contribution >= 4 is 33.5 Å². The highest BCUT2D eigenvalue weighted by molar-refractivity contribution is 9.10. The molecule has 0 unspecified atom stereocenters. The normalized spacial score (nSPS) is 9.96. The average Bonchev–Trinajstić information content (AvgIpc) is 2.61. The Morgan fingerprint density at radius 3 is 2.56 bits per heavy atom. The van der Waals surface area contributed by atoms with E-state index < -0.39 is 5.97 Å². The third-order valence-electron chi connectivity index (χ3n) is 3.48. The molecule has 5 nitrogen and oxygen atoms in total. The Morgan fingerprint density at radius 1 is 1.20 bits per heavy atom. The minimum Gasteiger partial charge on any atom is -0.452 e. The Hall–Kier alpha value is -2.65. The van der Waals surface area contributed by atoms with Crippen LogP contribution in [0, 0.1) is 18.3 Å².